The third-order valence-electron chi connectivity index (χ3n) is 5.24. The van der Waals surface area contributed by atoms with Crippen molar-refractivity contribution in [3.63, 3.8) is 0 Å². The molecule has 1 saturated carbocycles. The van der Waals surface area contributed by atoms with Gasteiger partial charge in [-0.05, 0) is 70.0 Å². The lowest BCUT2D eigenvalue weighted by Gasteiger charge is -2.21. The second-order valence-electron chi connectivity index (χ2n) is 9.10. The van der Waals surface area contributed by atoms with Crippen LogP contribution in [0.5, 0.6) is 5.75 Å². The van der Waals surface area contributed by atoms with Crippen molar-refractivity contribution in [3.05, 3.63) is 69.1 Å². The van der Waals surface area contributed by atoms with Crippen molar-refractivity contribution in [2.24, 2.45) is 0 Å². The first kappa shape index (κ1) is 22.1. The second kappa shape index (κ2) is 8.47. The quantitative estimate of drug-likeness (QED) is 0.602. The Morgan fingerprint density at radius 1 is 1.19 bits per heavy atom. The van der Waals surface area contributed by atoms with E-state index in [1.54, 1.807) is 42.0 Å². The van der Waals surface area contributed by atoms with Crippen molar-refractivity contribution in [3.8, 4) is 17.1 Å². The average Bonchev–Trinajstić information content (AvgIpc) is 3.52. The molecule has 0 radical (unpaired) electrons. The van der Waals surface area contributed by atoms with E-state index in [-0.39, 0.29) is 29.7 Å². The van der Waals surface area contributed by atoms with Gasteiger partial charge in [0.15, 0.2) is 5.82 Å². The Kier molecular flexibility index (Phi) is 5.86. The lowest BCUT2D eigenvalue weighted by molar-refractivity contribution is 0.0919. The van der Waals surface area contributed by atoms with Gasteiger partial charge in [-0.3, -0.25) is 9.36 Å². The third kappa shape index (κ3) is 4.72. The zero-order valence-electron chi connectivity index (χ0n) is 18.7. The Hall–Kier alpha value is -3.06. The Balaban J connectivity index is 1.67. The standard InChI is InChI=1S/C24H27ClN4O3/c1-24(2,3)26-22(30)16-5-6-17(20(13-16)32-4)14-28-23(31)29(19-11-12-19)21(27-28)15-7-9-18(25)10-8-15/h5-10,13,19H,11-12,14H2,1-4H3,(H,26,30). The molecule has 0 aliphatic heterocycles. The van der Waals surface area contributed by atoms with Gasteiger partial charge in [0.25, 0.3) is 5.91 Å². The second-order valence-corrected chi connectivity index (χ2v) is 9.54. The van der Waals surface area contributed by atoms with Crippen LogP contribution in [-0.4, -0.2) is 32.9 Å². The highest BCUT2D eigenvalue weighted by atomic mass is 35.5. The first-order valence-electron chi connectivity index (χ1n) is 10.6. The molecule has 0 bridgehead atoms. The summed E-state index contributed by atoms with van der Waals surface area (Å²) >= 11 is 6.02. The first-order valence-corrected chi connectivity index (χ1v) is 11.0. The molecule has 8 heteroatoms. The maximum Gasteiger partial charge on any atom is 0.346 e. The van der Waals surface area contributed by atoms with Crippen LogP contribution in [-0.2, 0) is 6.54 Å². The van der Waals surface area contributed by atoms with E-state index in [1.165, 1.54) is 4.68 Å². The topological polar surface area (TPSA) is 78.2 Å². The third-order valence-corrected chi connectivity index (χ3v) is 5.49. The summed E-state index contributed by atoms with van der Waals surface area (Å²) in [7, 11) is 1.55. The minimum absolute atomic E-state index is 0.158. The molecule has 1 aliphatic rings. The van der Waals surface area contributed by atoms with Crippen molar-refractivity contribution in [2.45, 2.75) is 51.7 Å². The molecular weight excluding hydrogens is 428 g/mol. The van der Waals surface area contributed by atoms with E-state index in [2.05, 4.69) is 10.4 Å². The van der Waals surface area contributed by atoms with Crippen LogP contribution in [0.4, 0.5) is 0 Å². The molecule has 1 aliphatic carbocycles. The molecule has 1 aromatic heterocycles. The van der Waals surface area contributed by atoms with Crippen molar-refractivity contribution >= 4 is 17.5 Å². The van der Waals surface area contributed by atoms with E-state index in [0.717, 1.165) is 24.0 Å². The number of hydrogen-bond acceptors (Lipinski definition) is 4. The number of ether oxygens (including phenoxy) is 1. The number of halogens is 1. The lowest BCUT2D eigenvalue weighted by Crippen LogP contribution is -2.40. The maximum atomic E-state index is 13.2. The van der Waals surface area contributed by atoms with Gasteiger partial charge in [-0.15, -0.1) is 5.10 Å². The van der Waals surface area contributed by atoms with Gasteiger partial charge in [0.2, 0.25) is 0 Å². The molecule has 32 heavy (non-hydrogen) atoms. The molecule has 0 atom stereocenters. The zero-order valence-corrected chi connectivity index (χ0v) is 19.4. The molecule has 0 unspecified atom stereocenters. The van der Waals surface area contributed by atoms with Gasteiger partial charge in [-0.25, -0.2) is 9.48 Å². The van der Waals surface area contributed by atoms with E-state index in [0.29, 0.717) is 22.2 Å². The number of methoxy groups -OCH3 is 1. The fourth-order valence-corrected chi connectivity index (χ4v) is 3.70. The van der Waals surface area contributed by atoms with Crippen molar-refractivity contribution in [2.75, 3.05) is 7.11 Å². The summed E-state index contributed by atoms with van der Waals surface area (Å²) in [4.78, 5) is 25.7. The van der Waals surface area contributed by atoms with Crippen molar-refractivity contribution in [1.82, 2.24) is 19.7 Å². The molecular formula is C24H27ClN4O3. The van der Waals surface area contributed by atoms with Gasteiger partial charge in [0, 0.05) is 33.3 Å². The zero-order chi connectivity index (χ0) is 23.0. The lowest BCUT2D eigenvalue weighted by atomic mass is 10.1. The highest BCUT2D eigenvalue weighted by Gasteiger charge is 2.30. The molecule has 1 fully saturated rings. The molecule has 4 rings (SSSR count). The Morgan fingerprint density at radius 2 is 1.88 bits per heavy atom. The van der Waals surface area contributed by atoms with Gasteiger partial charge in [-0.1, -0.05) is 17.7 Å². The Bertz CT molecular complexity index is 1200. The van der Waals surface area contributed by atoms with Crippen LogP contribution in [0.3, 0.4) is 0 Å². The normalized spacial score (nSPS) is 13.8. The molecule has 1 amide bonds. The number of nitrogens with zero attached hydrogens (tertiary/aromatic N) is 3. The predicted octanol–water partition coefficient (Wildman–Crippen LogP) is 4.29. The largest absolute Gasteiger partial charge is 0.496 e. The van der Waals surface area contributed by atoms with Gasteiger partial charge in [-0.2, -0.15) is 0 Å². The maximum absolute atomic E-state index is 13.2. The van der Waals surface area contributed by atoms with E-state index in [4.69, 9.17) is 16.3 Å². The molecule has 2 aromatic carbocycles. The summed E-state index contributed by atoms with van der Waals surface area (Å²) in [6.45, 7) is 6.02. The van der Waals surface area contributed by atoms with Crippen LogP contribution < -0.4 is 15.7 Å². The molecule has 7 nitrogen and oxygen atoms in total. The minimum atomic E-state index is -0.343. The number of carbonyl (C=O) groups is 1. The van der Waals surface area contributed by atoms with Crippen LogP contribution in [0, 0.1) is 0 Å². The minimum Gasteiger partial charge on any atom is -0.496 e. The van der Waals surface area contributed by atoms with Crippen LogP contribution >= 0.6 is 11.6 Å². The van der Waals surface area contributed by atoms with Gasteiger partial charge in [0.05, 0.1) is 13.7 Å². The molecule has 1 N–H and O–H groups in total. The van der Waals surface area contributed by atoms with Crippen molar-refractivity contribution < 1.29 is 9.53 Å². The van der Waals surface area contributed by atoms with Gasteiger partial charge in [0.1, 0.15) is 5.75 Å². The molecule has 168 valence electrons. The smallest absolute Gasteiger partial charge is 0.346 e. The number of rotatable bonds is 6. The molecule has 3 aromatic rings. The van der Waals surface area contributed by atoms with Crippen LogP contribution in [0.15, 0.2) is 47.3 Å². The number of carbonyl (C=O) groups excluding carboxylic acids is 1. The van der Waals surface area contributed by atoms with E-state index in [9.17, 15) is 9.59 Å². The fraction of sp³-hybridized carbons (Fsp3) is 0.375. The number of hydrogen-bond donors (Lipinski definition) is 1. The number of aromatic nitrogens is 3. The number of nitrogens with one attached hydrogen (secondary N) is 1. The summed E-state index contributed by atoms with van der Waals surface area (Å²) in [6, 6.07) is 12.7. The number of benzene rings is 2. The highest BCUT2D eigenvalue weighted by molar-refractivity contribution is 6.30. The van der Waals surface area contributed by atoms with Gasteiger partial charge < -0.3 is 10.1 Å². The first-order chi connectivity index (χ1) is 15.2. The Morgan fingerprint density at radius 3 is 2.47 bits per heavy atom. The van der Waals surface area contributed by atoms with E-state index >= 15 is 0 Å². The van der Waals surface area contributed by atoms with Crippen LogP contribution in [0.1, 0.15) is 55.6 Å². The molecule has 1 heterocycles. The molecule has 0 saturated heterocycles. The van der Waals surface area contributed by atoms with E-state index < -0.39 is 0 Å². The van der Waals surface area contributed by atoms with Crippen LogP contribution in [0.2, 0.25) is 5.02 Å². The number of amides is 1. The summed E-state index contributed by atoms with van der Waals surface area (Å²) in [5.41, 5.74) is 1.61. The highest BCUT2D eigenvalue weighted by Crippen LogP contribution is 2.36. The monoisotopic (exact) mass is 454 g/mol. The molecule has 0 spiro atoms. The summed E-state index contributed by atoms with van der Waals surface area (Å²) in [5, 5.41) is 8.21. The summed E-state index contributed by atoms with van der Waals surface area (Å²) < 4.78 is 8.75. The SMILES string of the molecule is COc1cc(C(=O)NC(C)(C)C)ccc1Cn1nc(-c2ccc(Cl)cc2)n(C2CC2)c1=O. The van der Waals surface area contributed by atoms with Crippen LogP contribution in [0.25, 0.3) is 11.4 Å². The van der Waals surface area contributed by atoms with E-state index in [1.807, 2.05) is 32.9 Å². The van der Waals surface area contributed by atoms with Gasteiger partial charge >= 0.3 is 5.69 Å². The van der Waals surface area contributed by atoms with Crippen molar-refractivity contribution in [1.29, 1.82) is 0 Å². The fourth-order valence-electron chi connectivity index (χ4n) is 3.57. The summed E-state index contributed by atoms with van der Waals surface area (Å²) in [6.07, 6.45) is 1.93. The Labute approximate surface area is 192 Å². The average molecular weight is 455 g/mol. The summed E-state index contributed by atoms with van der Waals surface area (Å²) in [5.74, 6) is 0.990. The predicted molar refractivity (Wildman–Crippen MR) is 125 cm³/mol.